The maximum absolute atomic E-state index is 12.3. The SMILES string of the molecule is CCCC(=O)Nc1cccc(C(=O)OC/C(=N/O)c2ccc(OC)cc2)c1. The second kappa shape index (κ2) is 9.96. The Kier molecular flexibility index (Phi) is 7.37. The van der Waals surface area contributed by atoms with Gasteiger partial charge in [-0.3, -0.25) is 4.79 Å². The third kappa shape index (κ3) is 5.85. The molecule has 0 aliphatic carbocycles. The standard InChI is InChI=1S/C20H22N2O5/c1-3-5-19(23)21-16-7-4-6-15(12-16)20(24)27-13-18(22-25)14-8-10-17(26-2)11-9-14/h4,6-12,25H,3,5,13H2,1-2H3,(H,21,23)/b22-18-. The van der Waals surface area contributed by atoms with E-state index in [4.69, 9.17) is 9.47 Å². The van der Waals surface area contributed by atoms with Crippen molar-refractivity contribution < 1.29 is 24.3 Å². The van der Waals surface area contributed by atoms with Crippen molar-refractivity contribution in [3.8, 4) is 5.75 Å². The highest BCUT2D eigenvalue weighted by molar-refractivity contribution is 6.03. The minimum Gasteiger partial charge on any atom is -0.497 e. The first-order valence-electron chi connectivity index (χ1n) is 8.49. The molecule has 0 fully saturated rings. The number of nitrogens with one attached hydrogen (secondary N) is 1. The van der Waals surface area contributed by atoms with Gasteiger partial charge < -0.3 is 20.0 Å². The molecule has 0 radical (unpaired) electrons. The molecule has 2 N–H and O–H groups in total. The van der Waals surface area contributed by atoms with Crippen LogP contribution in [0.4, 0.5) is 5.69 Å². The molecule has 7 heteroatoms. The summed E-state index contributed by atoms with van der Waals surface area (Å²) in [5, 5.41) is 15.1. The molecule has 0 saturated carbocycles. The Balaban J connectivity index is 2.00. The number of rotatable bonds is 8. The Morgan fingerprint density at radius 2 is 1.85 bits per heavy atom. The molecule has 0 atom stereocenters. The van der Waals surface area contributed by atoms with Gasteiger partial charge in [-0.1, -0.05) is 18.1 Å². The molecule has 0 unspecified atom stereocenters. The van der Waals surface area contributed by atoms with Gasteiger partial charge in [0.05, 0.1) is 12.7 Å². The van der Waals surface area contributed by atoms with E-state index < -0.39 is 5.97 Å². The quantitative estimate of drug-likeness (QED) is 0.321. The van der Waals surface area contributed by atoms with Crippen LogP contribution in [-0.4, -0.2) is 36.5 Å². The van der Waals surface area contributed by atoms with Crippen molar-refractivity contribution >= 4 is 23.3 Å². The largest absolute Gasteiger partial charge is 0.497 e. The van der Waals surface area contributed by atoms with Crippen molar-refractivity contribution in [2.45, 2.75) is 19.8 Å². The molecule has 0 aliphatic rings. The number of nitrogens with zero attached hydrogens (tertiary/aromatic N) is 1. The van der Waals surface area contributed by atoms with Gasteiger partial charge >= 0.3 is 5.97 Å². The van der Waals surface area contributed by atoms with Gasteiger partial charge in [0.15, 0.2) is 0 Å². The minimum absolute atomic E-state index is 0.114. The van der Waals surface area contributed by atoms with Crippen molar-refractivity contribution in [3.63, 3.8) is 0 Å². The zero-order chi connectivity index (χ0) is 19.6. The van der Waals surface area contributed by atoms with Gasteiger partial charge in [-0.2, -0.15) is 0 Å². The van der Waals surface area contributed by atoms with E-state index >= 15 is 0 Å². The van der Waals surface area contributed by atoms with Crippen LogP contribution in [0.1, 0.15) is 35.7 Å². The molecule has 0 aromatic heterocycles. The van der Waals surface area contributed by atoms with Gasteiger partial charge in [-0.25, -0.2) is 4.79 Å². The smallest absolute Gasteiger partial charge is 0.338 e. The van der Waals surface area contributed by atoms with Crippen molar-refractivity contribution in [1.82, 2.24) is 0 Å². The van der Waals surface area contributed by atoms with Crippen LogP contribution in [0.25, 0.3) is 0 Å². The molecule has 142 valence electrons. The second-order valence-electron chi connectivity index (χ2n) is 5.73. The zero-order valence-electron chi connectivity index (χ0n) is 15.3. The van der Waals surface area contributed by atoms with E-state index in [9.17, 15) is 14.8 Å². The summed E-state index contributed by atoms with van der Waals surface area (Å²) in [6.07, 6.45) is 1.15. The summed E-state index contributed by atoms with van der Waals surface area (Å²) in [5.74, 6) is -0.0385. The zero-order valence-corrected chi connectivity index (χ0v) is 15.3. The number of oxime groups is 1. The highest BCUT2D eigenvalue weighted by atomic mass is 16.5. The number of methoxy groups -OCH3 is 1. The Morgan fingerprint density at radius 1 is 1.11 bits per heavy atom. The van der Waals surface area contributed by atoms with Gasteiger partial charge in [0.25, 0.3) is 0 Å². The van der Waals surface area contributed by atoms with Crippen LogP contribution in [0.3, 0.4) is 0 Å². The number of ether oxygens (including phenoxy) is 2. The van der Waals surface area contributed by atoms with Crippen molar-refractivity contribution in [3.05, 3.63) is 59.7 Å². The Hall–Kier alpha value is -3.35. The van der Waals surface area contributed by atoms with Gasteiger partial charge in [-0.15, -0.1) is 0 Å². The van der Waals surface area contributed by atoms with Crippen molar-refractivity contribution in [1.29, 1.82) is 0 Å². The van der Waals surface area contributed by atoms with Crippen molar-refractivity contribution in [2.75, 3.05) is 19.0 Å². The lowest BCUT2D eigenvalue weighted by Crippen LogP contribution is -2.16. The van der Waals surface area contributed by atoms with E-state index in [1.165, 1.54) is 0 Å². The molecule has 0 heterocycles. The van der Waals surface area contributed by atoms with Gasteiger partial charge in [0.2, 0.25) is 5.91 Å². The van der Waals surface area contributed by atoms with E-state index in [1.807, 2.05) is 6.92 Å². The lowest BCUT2D eigenvalue weighted by atomic mass is 10.1. The van der Waals surface area contributed by atoms with E-state index in [-0.39, 0.29) is 23.8 Å². The molecular weight excluding hydrogens is 348 g/mol. The maximum atomic E-state index is 12.3. The van der Waals surface area contributed by atoms with Crippen LogP contribution in [0.15, 0.2) is 53.7 Å². The molecule has 0 bridgehead atoms. The number of amides is 1. The second-order valence-corrected chi connectivity index (χ2v) is 5.73. The molecule has 2 aromatic rings. The number of esters is 1. The number of anilines is 1. The summed E-state index contributed by atoms with van der Waals surface area (Å²) in [4.78, 5) is 23.9. The lowest BCUT2D eigenvalue weighted by molar-refractivity contribution is -0.116. The molecular formula is C20H22N2O5. The van der Waals surface area contributed by atoms with Crippen LogP contribution in [0, 0.1) is 0 Å². The van der Waals surface area contributed by atoms with E-state index in [2.05, 4.69) is 10.5 Å². The van der Waals surface area contributed by atoms with Crippen LogP contribution in [0.5, 0.6) is 5.75 Å². The van der Waals surface area contributed by atoms with Crippen LogP contribution in [0.2, 0.25) is 0 Å². The summed E-state index contributed by atoms with van der Waals surface area (Å²) >= 11 is 0. The fourth-order valence-electron chi connectivity index (χ4n) is 2.35. The number of carbonyl (C=O) groups excluding carboxylic acids is 2. The highest BCUT2D eigenvalue weighted by Crippen LogP contribution is 2.14. The maximum Gasteiger partial charge on any atom is 0.338 e. The molecule has 27 heavy (non-hydrogen) atoms. The van der Waals surface area contributed by atoms with Crippen LogP contribution >= 0.6 is 0 Å². The number of hydrogen-bond donors (Lipinski definition) is 2. The molecule has 7 nitrogen and oxygen atoms in total. The fourth-order valence-corrected chi connectivity index (χ4v) is 2.35. The third-order valence-corrected chi connectivity index (χ3v) is 3.74. The van der Waals surface area contributed by atoms with Gasteiger partial charge in [0, 0.05) is 17.7 Å². The summed E-state index contributed by atoms with van der Waals surface area (Å²) in [6, 6.07) is 13.3. The average molecular weight is 370 g/mol. The first kappa shape index (κ1) is 20.0. The number of carbonyl (C=O) groups is 2. The molecule has 2 aromatic carbocycles. The number of benzene rings is 2. The van der Waals surface area contributed by atoms with Gasteiger partial charge in [-0.05, 0) is 48.9 Å². The molecule has 2 rings (SSSR count). The van der Waals surface area contributed by atoms with Crippen LogP contribution in [-0.2, 0) is 9.53 Å². The number of hydrogen-bond acceptors (Lipinski definition) is 6. The Labute approximate surface area is 157 Å². The average Bonchev–Trinajstić information content (AvgIpc) is 2.69. The molecule has 1 amide bonds. The van der Waals surface area contributed by atoms with E-state index in [1.54, 1.807) is 55.6 Å². The normalized spacial score (nSPS) is 11.0. The topological polar surface area (TPSA) is 97.2 Å². The third-order valence-electron chi connectivity index (χ3n) is 3.74. The van der Waals surface area contributed by atoms with Crippen molar-refractivity contribution in [2.24, 2.45) is 5.16 Å². The Bertz CT molecular complexity index is 815. The predicted octanol–water partition coefficient (Wildman–Crippen LogP) is 3.47. The van der Waals surface area contributed by atoms with Gasteiger partial charge in [0.1, 0.15) is 18.1 Å². The predicted molar refractivity (Wildman–Crippen MR) is 102 cm³/mol. The summed E-state index contributed by atoms with van der Waals surface area (Å²) < 4.78 is 10.3. The first-order chi connectivity index (χ1) is 13.1. The summed E-state index contributed by atoms with van der Waals surface area (Å²) in [6.45, 7) is 1.71. The summed E-state index contributed by atoms with van der Waals surface area (Å²) in [7, 11) is 1.55. The molecule has 0 aliphatic heterocycles. The highest BCUT2D eigenvalue weighted by Gasteiger charge is 2.12. The molecule has 0 spiro atoms. The summed E-state index contributed by atoms with van der Waals surface area (Å²) in [5.41, 5.74) is 1.62. The van der Waals surface area contributed by atoms with E-state index in [0.717, 1.165) is 6.42 Å². The monoisotopic (exact) mass is 370 g/mol. The van der Waals surface area contributed by atoms with E-state index in [0.29, 0.717) is 23.4 Å². The minimum atomic E-state index is -0.587. The fraction of sp³-hybridized carbons (Fsp3) is 0.250. The molecule has 0 saturated heterocycles. The Morgan fingerprint density at radius 3 is 2.48 bits per heavy atom. The lowest BCUT2D eigenvalue weighted by Gasteiger charge is -2.09. The first-order valence-corrected chi connectivity index (χ1v) is 8.49. The van der Waals surface area contributed by atoms with Crippen LogP contribution < -0.4 is 10.1 Å².